The number of guanidine groups is 1. The lowest BCUT2D eigenvalue weighted by Gasteiger charge is -2.26. The zero-order chi connectivity index (χ0) is 17.6. The Morgan fingerprint density at radius 1 is 1.12 bits per heavy atom. The van der Waals surface area contributed by atoms with Gasteiger partial charge in [0.1, 0.15) is 6.54 Å². The number of nitrogens with zero attached hydrogens (tertiary/aromatic N) is 3. The molecule has 0 radical (unpaired) electrons. The summed E-state index contributed by atoms with van der Waals surface area (Å²) in [5.74, 6) is 0.751. The van der Waals surface area contributed by atoms with Crippen LogP contribution in [-0.2, 0) is 9.53 Å². The third kappa shape index (κ3) is 12.4. The van der Waals surface area contributed by atoms with Gasteiger partial charge in [0.05, 0.1) is 13.2 Å². The van der Waals surface area contributed by atoms with Gasteiger partial charge in [-0.15, -0.1) is 24.0 Å². The average Bonchev–Trinajstić information content (AvgIpc) is 2.59. The highest BCUT2D eigenvalue weighted by Crippen LogP contribution is 1.97. The smallest absolute Gasteiger partial charge is 0.243 e. The van der Waals surface area contributed by atoms with Gasteiger partial charge < -0.3 is 20.3 Å². The zero-order valence-corrected chi connectivity index (χ0v) is 18.4. The second kappa shape index (κ2) is 15.6. The van der Waals surface area contributed by atoms with Crippen LogP contribution in [-0.4, -0.2) is 88.2 Å². The van der Waals surface area contributed by atoms with E-state index in [4.69, 9.17) is 4.74 Å². The molecule has 1 fully saturated rings. The molecule has 1 rings (SSSR count). The Kier molecular flexibility index (Phi) is 15.2. The number of hydrogen-bond donors (Lipinski definition) is 2. The van der Waals surface area contributed by atoms with Gasteiger partial charge in [0, 0.05) is 40.3 Å². The molecule has 7 nitrogen and oxygen atoms in total. The Labute approximate surface area is 170 Å². The molecule has 0 aromatic carbocycles. The van der Waals surface area contributed by atoms with Crippen LogP contribution in [0, 0.1) is 0 Å². The summed E-state index contributed by atoms with van der Waals surface area (Å²) in [6.45, 7) is 8.90. The minimum Gasteiger partial charge on any atom is -0.379 e. The van der Waals surface area contributed by atoms with Crippen LogP contribution in [0.3, 0.4) is 0 Å². The molecule has 25 heavy (non-hydrogen) atoms. The number of morpholine rings is 1. The van der Waals surface area contributed by atoms with Crippen molar-refractivity contribution in [2.24, 2.45) is 4.99 Å². The van der Waals surface area contributed by atoms with Crippen molar-refractivity contribution in [1.82, 2.24) is 20.4 Å². The first-order chi connectivity index (χ1) is 11.6. The molecular weight excluding hydrogens is 433 g/mol. The summed E-state index contributed by atoms with van der Waals surface area (Å²) in [5.41, 5.74) is 0. The Hall–Kier alpha value is -0.610. The molecule has 0 aromatic heterocycles. The maximum absolute atomic E-state index is 11.7. The van der Waals surface area contributed by atoms with Crippen molar-refractivity contribution in [3.05, 3.63) is 0 Å². The fourth-order valence-electron chi connectivity index (χ4n) is 2.38. The number of halogens is 1. The normalized spacial score (nSPS) is 15.4. The van der Waals surface area contributed by atoms with Crippen molar-refractivity contribution in [3.63, 3.8) is 0 Å². The molecule has 0 spiro atoms. The predicted molar refractivity (Wildman–Crippen MR) is 114 cm³/mol. The van der Waals surface area contributed by atoms with E-state index in [1.807, 2.05) is 0 Å². The summed E-state index contributed by atoms with van der Waals surface area (Å²) in [7, 11) is 3.50. The van der Waals surface area contributed by atoms with Crippen LogP contribution in [0.15, 0.2) is 4.99 Å². The van der Waals surface area contributed by atoms with Crippen molar-refractivity contribution < 1.29 is 9.53 Å². The van der Waals surface area contributed by atoms with E-state index in [1.54, 1.807) is 19.0 Å². The molecule has 0 unspecified atom stereocenters. The molecule has 8 heteroatoms. The van der Waals surface area contributed by atoms with Crippen LogP contribution in [0.5, 0.6) is 0 Å². The maximum atomic E-state index is 11.7. The van der Waals surface area contributed by atoms with Crippen molar-refractivity contribution in [2.45, 2.75) is 32.6 Å². The zero-order valence-electron chi connectivity index (χ0n) is 16.1. The molecule has 148 valence electrons. The third-order valence-corrected chi connectivity index (χ3v) is 3.99. The Bertz CT molecular complexity index is 374. The summed E-state index contributed by atoms with van der Waals surface area (Å²) >= 11 is 0. The van der Waals surface area contributed by atoms with Gasteiger partial charge >= 0.3 is 0 Å². The highest BCUT2D eigenvalue weighted by Gasteiger charge is 2.09. The molecule has 0 bridgehead atoms. The highest BCUT2D eigenvalue weighted by atomic mass is 127. The average molecular weight is 469 g/mol. The quantitative estimate of drug-likeness (QED) is 0.218. The Balaban J connectivity index is 0.00000576. The minimum atomic E-state index is 0. The topological polar surface area (TPSA) is 69.2 Å². The summed E-state index contributed by atoms with van der Waals surface area (Å²) in [6.07, 6.45) is 4.57. The predicted octanol–water partition coefficient (Wildman–Crippen LogP) is 1.14. The number of nitrogens with one attached hydrogen (secondary N) is 2. The Morgan fingerprint density at radius 2 is 1.76 bits per heavy atom. The SMILES string of the molecule is CCCCCNC(=NCC(=O)N(C)C)NCCCN1CCOCC1.I. The second-order valence-corrected chi connectivity index (χ2v) is 6.32. The molecule has 1 saturated heterocycles. The molecule has 1 aliphatic rings. The number of carbonyl (C=O) groups excluding carboxylic acids is 1. The highest BCUT2D eigenvalue weighted by molar-refractivity contribution is 14.0. The van der Waals surface area contributed by atoms with Crippen LogP contribution in [0.2, 0.25) is 0 Å². The molecule has 2 N–H and O–H groups in total. The largest absolute Gasteiger partial charge is 0.379 e. The van der Waals surface area contributed by atoms with E-state index in [0.29, 0.717) is 0 Å². The summed E-state index contributed by atoms with van der Waals surface area (Å²) in [6, 6.07) is 0. The van der Waals surface area contributed by atoms with Crippen LogP contribution in [0.25, 0.3) is 0 Å². The molecule has 0 saturated carbocycles. The molecule has 0 atom stereocenters. The number of unbranched alkanes of at least 4 members (excludes halogenated alkanes) is 2. The van der Waals surface area contributed by atoms with E-state index in [-0.39, 0.29) is 36.4 Å². The van der Waals surface area contributed by atoms with Crippen LogP contribution >= 0.6 is 24.0 Å². The van der Waals surface area contributed by atoms with Gasteiger partial charge in [0.15, 0.2) is 5.96 Å². The number of aliphatic imine (C=N–C) groups is 1. The van der Waals surface area contributed by atoms with E-state index in [1.165, 1.54) is 12.8 Å². The number of likely N-dealkylation sites (N-methyl/N-ethyl adjacent to an activating group) is 1. The second-order valence-electron chi connectivity index (χ2n) is 6.32. The van der Waals surface area contributed by atoms with Gasteiger partial charge in [0.2, 0.25) is 5.91 Å². The Morgan fingerprint density at radius 3 is 2.36 bits per heavy atom. The van der Waals surface area contributed by atoms with Crippen LogP contribution in [0.4, 0.5) is 0 Å². The lowest BCUT2D eigenvalue weighted by Crippen LogP contribution is -2.41. The van der Waals surface area contributed by atoms with Gasteiger partial charge in [-0.3, -0.25) is 9.69 Å². The molecular formula is C17H36IN5O2. The number of ether oxygens (including phenoxy) is 1. The monoisotopic (exact) mass is 469 g/mol. The van der Waals surface area contributed by atoms with E-state index in [2.05, 4.69) is 27.4 Å². The minimum absolute atomic E-state index is 0. The van der Waals surface area contributed by atoms with E-state index >= 15 is 0 Å². The number of rotatable bonds is 10. The molecule has 1 aliphatic heterocycles. The molecule has 1 amide bonds. The van der Waals surface area contributed by atoms with E-state index in [0.717, 1.165) is 64.7 Å². The molecule has 0 aliphatic carbocycles. The van der Waals surface area contributed by atoms with Gasteiger partial charge in [0.25, 0.3) is 0 Å². The van der Waals surface area contributed by atoms with E-state index < -0.39 is 0 Å². The first-order valence-electron chi connectivity index (χ1n) is 9.16. The molecule has 0 aromatic rings. The summed E-state index contributed by atoms with van der Waals surface area (Å²) in [4.78, 5) is 20.1. The maximum Gasteiger partial charge on any atom is 0.243 e. The lowest BCUT2D eigenvalue weighted by molar-refractivity contribution is -0.127. The van der Waals surface area contributed by atoms with Crippen molar-refractivity contribution in [2.75, 3.05) is 66.6 Å². The first kappa shape index (κ1) is 24.4. The van der Waals surface area contributed by atoms with Crippen LogP contribution < -0.4 is 10.6 Å². The van der Waals surface area contributed by atoms with Gasteiger partial charge in [-0.05, 0) is 19.4 Å². The van der Waals surface area contributed by atoms with E-state index in [9.17, 15) is 4.79 Å². The standard InChI is InChI=1S/C17H35N5O2.HI/c1-4-5-6-8-18-17(20-15-16(23)21(2)3)19-9-7-10-22-11-13-24-14-12-22;/h4-15H2,1-3H3,(H2,18,19,20);1H. The third-order valence-electron chi connectivity index (χ3n) is 3.99. The van der Waals surface area contributed by atoms with Gasteiger partial charge in [-0.2, -0.15) is 0 Å². The van der Waals surface area contributed by atoms with Gasteiger partial charge in [-0.1, -0.05) is 19.8 Å². The first-order valence-corrected chi connectivity index (χ1v) is 9.16. The summed E-state index contributed by atoms with van der Waals surface area (Å²) in [5, 5.41) is 6.66. The molecule has 1 heterocycles. The summed E-state index contributed by atoms with van der Waals surface area (Å²) < 4.78 is 5.36. The van der Waals surface area contributed by atoms with Gasteiger partial charge in [-0.25, -0.2) is 4.99 Å². The van der Waals surface area contributed by atoms with Crippen LogP contribution in [0.1, 0.15) is 32.6 Å². The van der Waals surface area contributed by atoms with Crippen molar-refractivity contribution in [1.29, 1.82) is 0 Å². The number of amides is 1. The number of carbonyl (C=O) groups is 1. The van der Waals surface area contributed by atoms with Crippen molar-refractivity contribution in [3.8, 4) is 0 Å². The fourth-order valence-corrected chi connectivity index (χ4v) is 2.38. The van der Waals surface area contributed by atoms with Crippen molar-refractivity contribution >= 4 is 35.8 Å². The lowest BCUT2D eigenvalue weighted by atomic mass is 10.2. The number of hydrogen-bond acceptors (Lipinski definition) is 4. The fraction of sp³-hybridized carbons (Fsp3) is 0.882.